The molecule has 24 heavy (non-hydrogen) atoms. The van der Waals surface area contributed by atoms with Crippen LogP contribution in [0.15, 0.2) is 36.0 Å². The smallest absolute Gasteiger partial charge is 0.0835 e. The highest BCUT2D eigenvalue weighted by Crippen LogP contribution is 2.20. The van der Waals surface area contributed by atoms with Gasteiger partial charge in [-0.15, -0.1) is 6.58 Å². The lowest BCUT2D eigenvalue weighted by Crippen LogP contribution is -2.39. The van der Waals surface area contributed by atoms with Gasteiger partial charge in [-0.2, -0.15) is 0 Å². The van der Waals surface area contributed by atoms with E-state index in [9.17, 15) is 0 Å². The van der Waals surface area contributed by atoms with Crippen molar-refractivity contribution >= 4 is 0 Å². The van der Waals surface area contributed by atoms with Gasteiger partial charge in [0.05, 0.1) is 25.4 Å². The molecule has 1 heterocycles. The highest BCUT2D eigenvalue weighted by Gasteiger charge is 2.20. The summed E-state index contributed by atoms with van der Waals surface area (Å²) in [5.41, 5.74) is 2.63. The van der Waals surface area contributed by atoms with Gasteiger partial charge in [-0.1, -0.05) is 29.4 Å². The van der Waals surface area contributed by atoms with Crippen molar-refractivity contribution in [2.45, 2.75) is 59.0 Å². The molecule has 0 aromatic carbocycles. The Balaban J connectivity index is 2.27. The normalized spacial score (nSPS) is 18.9. The Bertz CT molecular complexity index is 418. The number of hydrogen-bond donors (Lipinski definition) is 0. The van der Waals surface area contributed by atoms with Crippen molar-refractivity contribution in [3.8, 4) is 0 Å². The highest BCUT2D eigenvalue weighted by molar-refractivity contribution is 5.04. The first-order valence-corrected chi connectivity index (χ1v) is 9.32. The molecule has 0 radical (unpaired) electrons. The third-order valence-corrected chi connectivity index (χ3v) is 4.60. The highest BCUT2D eigenvalue weighted by atomic mass is 16.5. The largest absolute Gasteiger partial charge is 0.379 e. The molecule has 0 spiro atoms. The van der Waals surface area contributed by atoms with E-state index in [4.69, 9.17) is 9.47 Å². The molecule has 0 saturated carbocycles. The quantitative estimate of drug-likeness (QED) is 0.508. The summed E-state index contributed by atoms with van der Waals surface area (Å²) < 4.78 is 11.5. The van der Waals surface area contributed by atoms with E-state index in [0.29, 0.717) is 0 Å². The van der Waals surface area contributed by atoms with E-state index in [1.54, 1.807) is 0 Å². The topological polar surface area (TPSA) is 21.7 Å². The molecule has 0 aromatic heterocycles. The molecule has 0 aliphatic carbocycles. The molecule has 1 saturated heterocycles. The second-order valence-electron chi connectivity index (χ2n) is 7.23. The van der Waals surface area contributed by atoms with Gasteiger partial charge in [0.2, 0.25) is 0 Å². The molecule has 0 amide bonds. The monoisotopic (exact) mass is 335 g/mol. The average molecular weight is 336 g/mol. The number of allylic oxidation sites excluding steroid dienone is 4. The fraction of sp³-hybridized carbons (Fsp3) is 0.714. The Morgan fingerprint density at radius 2 is 1.88 bits per heavy atom. The van der Waals surface area contributed by atoms with Crippen molar-refractivity contribution < 1.29 is 9.47 Å². The number of hydrogen-bond acceptors (Lipinski definition) is 3. The van der Waals surface area contributed by atoms with Crippen molar-refractivity contribution in [2.24, 2.45) is 0 Å². The van der Waals surface area contributed by atoms with Gasteiger partial charge in [0, 0.05) is 19.6 Å². The summed E-state index contributed by atoms with van der Waals surface area (Å²) in [5.74, 6) is 0. The number of ether oxygens (including phenoxy) is 2. The van der Waals surface area contributed by atoms with E-state index in [2.05, 4.69) is 51.3 Å². The molecular weight excluding hydrogens is 298 g/mol. The molecule has 138 valence electrons. The van der Waals surface area contributed by atoms with E-state index in [1.165, 1.54) is 11.1 Å². The maximum Gasteiger partial charge on any atom is 0.0835 e. The Hall–Kier alpha value is -0.900. The summed E-state index contributed by atoms with van der Waals surface area (Å²) in [4.78, 5) is 2.40. The summed E-state index contributed by atoms with van der Waals surface area (Å²) in [6.07, 6.45) is 10.9. The van der Waals surface area contributed by atoms with Gasteiger partial charge >= 0.3 is 0 Å². The Labute approximate surface area is 149 Å². The zero-order valence-electron chi connectivity index (χ0n) is 16.3. The Morgan fingerprint density at radius 1 is 1.17 bits per heavy atom. The fourth-order valence-corrected chi connectivity index (χ4v) is 2.76. The van der Waals surface area contributed by atoms with Gasteiger partial charge in [0.15, 0.2) is 0 Å². The van der Waals surface area contributed by atoms with Crippen LogP contribution in [0.4, 0.5) is 0 Å². The van der Waals surface area contributed by atoms with Crippen molar-refractivity contribution in [2.75, 3.05) is 39.5 Å². The SMILES string of the molecule is C=CC(C)(CC/C=C(\C)CCC=C(C)C)OCCN1CCOCC1. The van der Waals surface area contributed by atoms with Gasteiger partial charge in [0.1, 0.15) is 0 Å². The van der Waals surface area contributed by atoms with Crippen LogP contribution in [0.2, 0.25) is 0 Å². The van der Waals surface area contributed by atoms with Gasteiger partial charge in [-0.25, -0.2) is 0 Å². The Kier molecular flexibility index (Phi) is 10.2. The van der Waals surface area contributed by atoms with Crippen LogP contribution in [0.3, 0.4) is 0 Å². The third kappa shape index (κ3) is 9.41. The summed E-state index contributed by atoms with van der Waals surface area (Å²) in [5, 5.41) is 0. The zero-order valence-corrected chi connectivity index (χ0v) is 16.3. The van der Waals surface area contributed by atoms with E-state index in [1.807, 2.05) is 6.08 Å². The first kappa shape index (κ1) is 21.1. The predicted molar refractivity (Wildman–Crippen MR) is 103 cm³/mol. The zero-order chi connectivity index (χ0) is 17.8. The first-order chi connectivity index (χ1) is 11.4. The van der Waals surface area contributed by atoms with Crippen LogP contribution >= 0.6 is 0 Å². The average Bonchev–Trinajstić information content (AvgIpc) is 2.55. The van der Waals surface area contributed by atoms with Crippen LogP contribution in [0.25, 0.3) is 0 Å². The van der Waals surface area contributed by atoms with Crippen LogP contribution < -0.4 is 0 Å². The standard InChI is InChI=1S/C21H37NO2/c1-6-21(5,24-18-15-22-13-16-23-17-14-22)12-8-11-20(4)10-7-9-19(2)3/h6,9,11H,1,7-8,10,12-18H2,2-5H3/b20-11+. The summed E-state index contributed by atoms with van der Waals surface area (Å²) >= 11 is 0. The molecule has 0 N–H and O–H groups in total. The molecule has 3 nitrogen and oxygen atoms in total. The molecule has 3 heteroatoms. The minimum atomic E-state index is -0.233. The first-order valence-electron chi connectivity index (χ1n) is 9.32. The molecule has 1 rings (SSSR count). The summed E-state index contributed by atoms with van der Waals surface area (Å²) in [6.45, 7) is 18.1. The van der Waals surface area contributed by atoms with Crippen molar-refractivity contribution in [3.05, 3.63) is 36.0 Å². The molecule has 1 fully saturated rings. The minimum Gasteiger partial charge on any atom is -0.379 e. The van der Waals surface area contributed by atoms with Crippen LogP contribution in [-0.4, -0.2) is 50.0 Å². The van der Waals surface area contributed by atoms with Gasteiger partial charge in [-0.05, 0) is 53.4 Å². The number of nitrogens with zero attached hydrogens (tertiary/aromatic N) is 1. The van der Waals surface area contributed by atoms with Crippen molar-refractivity contribution in [1.29, 1.82) is 0 Å². The number of rotatable bonds is 11. The molecular formula is C21H37NO2. The van der Waals surface area contributed by atoms with E-state index < -0.39 is 0 Å². The Morgan fingerprint density at radius 3 is 2.50 bits per heavy atom. The summed E-state index contributed by atoms with van der Waals surface area (Å²) in [7, 11) is 0. The predicted octanol–water partition coefficient (Wildman–Crippen LogP) is 4.75. The van der Waals surface area contributed by atoms with Crippen LogP contribution in [-0.2, 0) is 9.47 Å². The maximum atomic E-state index is 6.14. The van der Waals surface area contributed by atoms with Crippen molar-refractivity contribution in [3.63, 3.8) is 0 Å². The van der Waals surface area contributed by atoms with E-state index in [-0.39, 0.29) is 5.60 Å². The van der Waals surface area contributed by atoms with Gasteiger partial charge < -0.3 is 9.47 Å². The van der Waals surface area contributed by atoms with Gasteiger partial charge in [0.25, 0.3) is 0 Å². The summed E-state index contributed by atoms with van der Waals surface area (Å²) in [6, 6.07) is 0. The van der Waals surface area contributed by atoms with Crippen LogP contribution in [0.1, 0.15) is 53.4 Å². The van der Waals surface area contributed by atoms with Crippen molar-refractivity contribution in [1.82, 2.24) is 4.90 Å². The van der Waals surface area contributed by atoms with Crippen LogP contribution in [0.5, 0.6) is 0 Å². The fourth-order valence-electron chi connectivity index (χ4n) is 2.76. The lowest BCUT2D eigenvalue weighted by Gasteiger charge is -2.30. The van der Waals surface area contributed by atoms with Crippen LogP contribution in [0, 0.1) is 0 Å². The lowest BCUT2D eigenvalue weighted by molar-refractivity contribution is -0.0260. The molecule has 1 aliphatic heterocycles. The second-order valence-corrected chi connectivity index (χ2v) is 7.23. The van der Waals surface area contributed by atoms with Gasteiger partial charge in [-0.3, -0.25) is 4.90 Å². The molecule has 0 bridgehead atoms. The maximum absolute atomic E-state index is 6.14. The third-order valence-electron chi connectivity index (χ3n) is 4.60. The molecule has 1 aliphatic rings. The molecule has 1 unspecified atom stereocenters. The van der Waals surface area contributed by atoms with E-state index in [0.717, 1.165) is 65.1 Å². The lowest BCUT2D eigenvalue weighted by atomic mass is 9.98. The number of morpholine rings is 1. The van der Waals surface area contributed by atoms with E-state index >= 15 is 0 Å². The molecule has 1 atom stereocenters. The second kappa shape index (κ2) is 11.6. The minimum absolute atomic E-state index is 0.233. The molecule has 0 aromatic rings.